The van der Waals surface area contributed by atoms with Gasteiger partial charge in [0.15, 0.2) is 0 Å². The van der Waals surface area contributed by atoms with Crippen molar-refractivity contribution in [1.82, 2.24) is 24.3 Å². The molecule has 0 saturated carbocycles. The van der Waals surface area contributed by atoms with Gasteiger partial charge < -0.3 is 16.0 Å². The zero-order valence-electron chi connectivity index (χ0n) is 21.6. The van der Waals surface area contributed by atoms with Crippen LogP contribution in [0.4, 0.5) is 24.8 Å². The zero-order chi connectivity index (χ0) is 28.7. The molecule has 4 aromatic rings. The number of alkyl halides is 3. The molecule has 0 bridgehead atoms. The Kier molecular flexibility index (Phi) is 6.53. The molecule has 0 radical (unpaired) electrons. The highest BCUT2D eigenvalue weighted by molar-refractivity contribution is 6.04. The van der Waals surface area contributed by atoms with Gasteiger partial charge in [0, 0.05) is 54.6 Å². The number of fused-ring (bicyclic) bond motifs is 2. The summed E-state index contributed by atoms with van der Waals surface area (Å²) in [7, 11) is 0. The number of halogens is 3. The third-order valence-electron chi connectivity index (χ3n) is 7.64. The van der Waals surface area contributed by atoms with E-state index in [4.69, 9.17) is 16.0 Å². The van der Waals surface area contributed by atoms with Crippen molar-refractivity contribution in [3.05, 3.63) is 71.9 Å². The number of benzene rings is 1. The van der Waals surface area contributed by atoms with Crippen LogP contribution in [0.2, 0.25) is 0 Å². The fourth-order valence-electron chi connectivity index (χ4n) is 5.69. The van der Waals surface area contributed by atoms with Gasteiger partial charge >= 0.3 is 6.18 Å². The van der Waals surface area contributed by atoms with Crippen molar-refractivity contribution in [2.45, 2.75) is 43.8 Å². The molecule has 0 aliphatic carbocycles. The van der Waals surface area contributed by atoms with Crippen molar-refractivity contribution in [3.8, 4) is 17.5 Å². The van der Waals surface area contributed by atoms with E-state index in [1.165, 1.54) is 0 Å². The van der Waals surface area contributed by atoms with Crippen LogP contribution in [0, 0.1) is 11.5 Å². The lowest BCUT2D eigenvalue weighted by atomic mass is 9.92. The number of amidine groups is 1. The number of imidazole rings is 1. The van der Waals surface area contributed by atoms with Gasteiger partial charge in [-0.1, -0.05) is 12.1 Å². The number of aliphatic imine (C=N–C) groups is 1. The summed E-state index contributed by atoms with van der Waals surface area (Å²) in [5.74, 6) is 1.22. The summed E-state index contributed by atoms with van der Waals surface area (Å²) in [5.41, 5.74) is 7.58. The first-order chi connectivity index (χ1) is 19.7. The molecule has 2 atom stereocenters. The second kappa shape index (κ2) is 10.2. The highest BCUT2D eigenvalue weighted by Gasteiger charge is 2.37. The van der Waals surface area contributed by atoms with Crippen molar-refractivity contribution >= 4 is 28.9 Å². The smallest absolute Gasteiger partial charge is 0.382 e. The summed E-state index contributed by atoms with van der Waals surface area (Å²) < 4.78 is 41.0. The van der Waals surface area contributed by atoms with Crippen LogP contribution in [-0.4, -0.2) is 48.6 Å². The standard InChI is InChI=1S/C28H24F3N9O/c29-28(30,31)19-9-10-34-21(13-19)37-27(41)17-3-1-16(2-4-17)23-24-25(33)35-11-12-39(24)26(38-23)18-5-6-20-7-8-22(36-15-32)40(20)14-18/h1-4,9-13,18,20H,5-8,14H2,(H2,33,35)(H,34,37,41)/t18-,20+/m1/s1. The summed E-state index contributed by atoms with van der Waals surface area (Å²) >= 11 is 0. The van der Waals surface area contributed by atoms with E-state index in [1.54, 1.807) is 30.5 Å². The number of hydrogen-bond donors (Lipinski definition) is 2. The fraction of sp³-hybridized carbons (Fsp3) is 0.286. The van der Waals surface area contributed by atoms with Crippen LogP contribution in [0.15, 0.2) is 60.0 Å². The minimum atomic E-state index is -4.55. The molecule has 2 aliphatic rings. The molecule has 5 heterocycles. The number of carbonyl (C=O) groups is 1. The Morgan fingerprint density at radius 2 is 1.93 bits per heavy atom. The van der Waals surface area contributed by atoms with Crippen molar-refractivity contribution in [3.63, 3.8) is 0 Å². The van der Waals surface area contributed by atoms with Crippen LogP contribution in [0.5, 0.6) is 0 Å². The number of nitrogens with two attached hydrogens (primary N) is 1. The van der Waals surface area contributed by atoms with Crippen molar-refractivity contribution in [1.29, 1.82) is 5.26 Å². The highest BCUT2D eigenvalue weighted by Crippen LogP contribution is 2.38. The molecule has 3 aromatic heterocycles. The van der Waals surface area contributed by atoms with E-state index in [9.17, 15) is 18.0 Å². The molecule has 2 fully saturated rings. The predicted octanol–water partition coefficient (Wildman–Crippen LogP) is 4.87. The van der Waals surface area contributed by atoms with E-state index >= 15 is 0 Å². The van der Waals surface area contributed by atoms with Gasteiger partial charge in [0.25, 0.3) is 5.91 Å². The summed E-state index contributed by atoms with van der Waals surface area (Å²) in [6.45, 7) is 0.689. The third kappa shape index (κ3) is 4.93. The number of piperidine rings is 1. The van der Waals surface area contributed by atoms with E-state index in [2.05, 4.69) is 25.2 Å². The molecular formula is C28H24F3N9O. The average Bonchev–Trinajstić information content (AvgIpc) is 3.55. The summed E-state index contributed by atoms with van der Waals surface area (Å²) in [4.78, 5) is 32.1. The number of anilines is 2. The Hall–Kier alpha value is -4.99. The van der Waals surface area contributed by atoms with Gasteiger partial charge in [-0.2, -0.15) is 23.4 Å². The first kappa shape index (κ1) is 26.2. The Bertz CT molecular complexity index is 1710. The predicted molar refractivity (Wildman–Crippen MR) is 145 cm³/mol. The molecule has 41 heavy (non-hydrogen) atoms. The average molecular weight is 560 g/mol. The Morgan fingerprint density at radius 3 is 2.68 bits per heavy atom. The molecule has 2 aliphatic heterocycles. The van der Waals surface area contributed by atoms with Crippen LogP contribution in [-0.2, 0) is 6.18 Å². The number of nitrogen functional groups attached to an aromatic ring is 1. The fourth-order valence-corrected chi connectivity index (χ4v) is 5.69. The Balaban J connectivity index is 1.28. The van der Waals surface area contributed by atoms with E-state index in [-0.39, 0.29) is 17.3 Å². The van der Waals surface area contributed by atoms with Gasteiger partial charge in [-0.05, 0) is 43.5 Å². The van der Waals surface area contributed by atoms with Gasteiger partial charge in [0.05, 0.1) is 5.56 Å². The lowest BCUT2D eigenvalue weighted by Crippen LogP contribution is -2.41. The largest absolute Gasteiger partial charge is 0.416 e. The second-order valence-corrected chi connectivity index (χ2v) is 10.1. The summed E-state index contributed by atoms with van der Waals surface area (Å²) in [5, 5.41) is 11.5. The lowest BCUT2D eigenvalue weighted by Gasteiger charge is -2.35. The number of hydrogen-bond acceptors (Lipinski definition) is 7. The van der Waals surface area contributed by atoms with Crippen LogP contribution in [0.1, 0.15) is 53.3 Å². The SMILES string of the molecule is N#CN=C1CC[C@@H]2CC[C@@H](c3nc(-c4ccc(C(=O)Nc5cc(C(F)(F)F)ccn5)cc4)c4c(N)nccn34)CN12. The van der Waals surface area contributed by atoms with E-state index < -0.39 is 17.6 Å². The van der Waals surface area contributed by atoms with Gasteiger partial charge in [-0.3, -0.25) is 9.20 Å². The van der Waals surface area contributed by atoms with Crippen LogP contribution < -0.4 is 11.1 Å². The lowest BCUT2D eigenvalue weighted by molar-refractivity contribution is -0.137. The number of nitriles is 1. The maximum atomic E-state index is 13.0. The molecule has 1 amide bonds. The minimum absolute atomic E-state index is 0.0707. The van der Waals surface area contributed by atoms with Crippen molar-refractivity contribution in [2.75, 3.05) is 17.6 Å². The molecule has 6 rings (SSSR count). The molecule has 13 heteroatoms. The number of carbonyl (C=O) groups excluding carboxylic acids is 1. The van der Waals surface area contributed by atoms with Gasteiger partial charge in [-0.25, -0.2) is 15.0 Å². The van der Waals surface area contributed by atoms with Crippen LogP contribution in [0.3, 0.4) is 0 Å². The molecule has 3 N–H and O–H groups in total. The van der Waals surface area contributed by atoms with Crippen LogP contribution >= 0.6 is 0 Å². The maximum absolute atomic E-state index is 13.0. The summed E-state index contributed by atoms with van der Waals surface area (Å²) in [6, 6.07) is 8.55. The maximum Gasteiger partial charge on any atom is 0.416 e. The minimum Gasteiger partial charge on any atom is -0.382 e. The normalized spacial score (nSPS) is 19.8. The third-order valence-corrected chi connectivity index (χ3v) is 7.64. The second-order valence-electron chi connectivity index (χ2n) is 10.1. The molecule has 0 spiro atoms. The van der Waals surface area contributed by atoms with Crippen LogP contribution in [0.25, 0.3) is 16.8 Å². The highest BCUT2D eigenvalue weighted by atomic mass is 19.4. The van der Waals surface area contributed by atoms with Crippen molar-refractivity contribution < 1.29 is 18.0 Å². The quantitative estimate of drug-likeness (QED) is 0.341. The Labute approximate surface area is 232 Å². The zero-order valence-corrected chi connectivity index (χ0v) is 21.6. The molecule has 208 valence electrons. The Morgan fingerprint density at radius 1 is 1.12 bits per heavy atom. The number of aromatic nitrogens is 4. The first-order valence-electron chi connectivity index (χ1n) is 13.0. The summed E-state index contributed by atoms with van der Waals surface area (Å²) in [6.07, 6.45) is 5.47. The van der Waals surface area contributed by atoms with E-state index in [1.807, 2.05) is 16.8 Å². The number of pyridine rings is 1. The number of nitrogens with one attached hydrogen (secondary N) is 1. The number of rotatable bonds is 4. The molecule has 10 nitrogen and oxygen atoms in total. The van der Waals surface area contributed by atoms with E-state index in [0.29, 0.717) is 35.2 Å². The first-order valence-corrected chi connectivity index (χ1v) is 13.0. The van der Waals surface area contributed by atoms with E-state index in [0.717, 1.165) is 55.7 Å². The number of amides is 1. The van der Waals surface area contributed by atoms with Gasteiger partial charge in [-0.15, -0.1) is 0 Å². The monoisotopic (exact) mass is 559 g/mol. The molecule has 0 unspecified atom stereocenters. The van der Waals surface area contributed by atoms with Gasteiger partial charge in [0.2, 0.25) is 6.19 Å². The topological polar surface area (TPSA) is 138 Å². The number of nitrogens with zero attached hydrogens (tertiary/aromatic N) is 7. The molecule has 2 saturated heterocycles. The van der Waals surface area contributed by atoms with Gasteiger partial charge in [0.1, 0.15) is 34.5 Å². The molecule has 1 aromatic carbocycles. The van der Waals surface area contributed by atoms with Crippen molar-refractivity contribution in [2.24, 2.45) is 4.99 Å². The molecular weight excluding hydrogens is 535 g/mol.